The molecule has 0 spiro atoms. The van der Waals surface area contributed by atoms with Crippen LogP contribution in [0.25, 0.3) is 0 Å². The summed E-state index contributed by atoms with van der Waals surface area (Å²) >= 11 is 0.581. The molecule has 0 amide bonds. The van der Waals surface area contributed by atoms with Gasteiger partial charge in [-0.3, -0.25) is 0 Å². The molecular formula is C9H4F6N4S. The second kappa shape index (κ2) is 4.89. The third-order valence-corrected chi connectivity index (χ3v) is 2.72. The van der Waals surface area contributed by atoms with Crippen LogP contribution in [0, 0.1) is 0 Å². The van der Waals surface area contributed by atoms with E-state index in [0.29, 0.717) is 17.4 Å². The summed E-state index contributed by atoms with van der Waals surface area (Å²) in [6, 6.07) is 0.647. The lowest BCUT2D eigenvalue weighted by Gasteiger charge is -2.06. The Morgan fingerprint density at radius 3 is 2.15 bits per heavy atom. The van der Waals surface area contributed by atoms with Crippen LogP contribution in [0.3, 0.4) is 0 Å². The van der Waals surface area contributed by atoms with Crippen LogP contribution >= 0.6 is 11.3 Å². The summed E-state index contributed by atoms with van der Waals surface area (Å²) in [4.78, 5) is 9.82. The molecule has 11 heteroatoms. The molecule has 4 nitrogen and oxygen atoms in total. The summed E-state index contributed by atoms with van der Waals surface area (Å²) in [6.45, 7) is 0. The zero-order valence-corrected chi connectivity index (χ0v) is 10.1. The number of aromatic nitrogens is 3. The van der Waals surface area contributed by atoms with Crippen molar-refractivity contribution < 1.29 is 26.3 Å². The Morgan fingerprint density at radius 1 is 0.950 bits per heavy atom. The highest BCUT2D eigenvalue weighted by Gasteiger charge is 2.34. The van der Waals surface area contributed by atoms with Crippen molar-refractivity contribution >= 4 is 22.4 Å². The molecule has 0 aromatic carbocycles. The summed E-state index contributed by atoms with van der Waals surface area (Å²) < 4.78 is 74.1. The Bertz CT molecular complexity index is 605. The number of nitrogens with zero attached hydrogens (tertiary/aromatic N) is 3. The fraction of sp³-hybridized carbons (Fsp3) is 0.222. The molecule has 0 fully saturated rings. The summed E-state index contributed by atoms with van der Waals surface area (Å²) in [6.07, 6.45) is -8.44. The monoisotopic (exact) mass is 314 g/mol. The first kappa shape index (κ1) is 14.5. The molecule has 2 aromatic heterocycles. The Morgan fingerprint density at radius 2 is 1.60 bits per heavy atom. The van der Waals surface area contributed by atoms with Gasteiger partial charge in [0.15, 0.2) is 10.8 Å². The molecule has 0 aliphatic rings. The molecule has 0 saturated heterocycles. The van der Waals surface area contributed by atoms with E-state index in [-0.39, 0.29) is 5.13 Å². The van der Waals surface area contributed by atoms with Gasteiger partial charge in [-0.15, -0.1) is 11.3 Å². The van der Waals surface area contributed by atoms with Gasteiger partial charge in [0.1, 0.15) is 5.69 Å². The lowest BCUT2D eigenvalue weighted by molar-refractivity contribution is -0.141. The SMILES string of the molecule is FC(F)(F)c1ccnc(Nc2nc(C(F)(F)F)cs2)n1. The van der Waals surface area contributed by atoms with E-state index in [2.05, 4.69) is 20.3 Å². The second-order valence-electron chi connectivity index (χ2n) is 3.42. The summed E-state index contributed by atoms with van der Waals surface area (Å²) in [5.74, 6) is -0.483. The van der Waals surface area contributed by atoms with E-state index in [1.165, 1.54) is 0 Å². The van der Waals surface area contributed by atoms with Gasteiger partial charge in [-0.05, 0) is 6.07 Å². The van der Waals surface area contributed by atoms with Crippen LogP contribution in [0.15, 0.2) is 17.6 Å². The average Bonchev–Trinajstić information content (AvgIpc) is 2.76. The summed E-state index contributed by atoms with van der Waals surface area (Å²) in [7, 11) is 0. The van der Waals surface area contributed by atoms with Crippen molar-refractivity contribution in [1.82, 2.24) is 15.0 Å². The maximum atomic E-state index is 12.4. The molecular weight excluding hydrogens is 310 g/mol. The third kappa shape index (κ3) is 3.35. The Hall–Kier alpha value is -1.91. The highest BCUT2D eigenvalue weighted by atomic mass is 32.1. The smallest absolute Gasteiger partial charge is 0.300 e. The number of anilines is 2. The summed E-state index contributed by atoms with van der Waals surface area (Å²) in [5.41, 5.74) is -2.35. The van der Waals surface area contributed by atoms with Gasteiger partial charge < -0.3 is 5.32 Å². The lowest BCUT2D eigenvalue weighted by Crippen LogP contribution is -2.10. The second-order valence-corrected chi connectivity index (χ2v) is 4.28. The van der Waals surface area contributed by atoms with Gasteiger partial charge in [0.2, 0.25) is 5.95 Å². The number of nitrogens with one attached hydrogen (secondary N) is 1. The van der Waals surface area contributed by atoms with E-state index in [9.17, 15) is 26.3 Å². The molecule has 0 atom stereocenters. The van der Waals surface area contributed by atoms with Gasteiger partial charge in [-0.2, -0.15) is 26.3 Å². The van der Waals surface area contributed by atoms with Crippen molar-refractivity contribution in [3.05, 3.63) is 29.0 Å². The van der Waals surface area contributed by atoms with Crippen molar-refractivity contribution in [1.29, 1.82) is 0 Å². The number of halogens is 6. The number of hydrogen-bond donors (Lipinski definition) is 1. The topological polar surface area (TPSA) is 50.7 Å². The largest absolute Gasteiger partial charge is 0.434 e. The molecule has 2 heterocycles. The van der Waals surface area contributed by atoms with Crippen LogP contribution in [-0.4, -0.2) is 15.0 Å². The molecule has 1 N–H and O–H groups in total. The number of alkyl halides is 6. The standard InChI is InChI=1S/C9H4F6N4S/c10-8(11,12)4-1-2-16-6(17-4)19-7-18-5(3-20-7)9(13,14)15/h1-3H,(H,16,17,18,19). The van der Waals surface area contributed by atoms with Crippen LogP contribution in [0.1, 0.15) is 11.4 Å². The van der Waals surface area contributed by atoms with Crippen LogP contribution in [0.5, 0.6) is 0 Å². The highest BCUT2D eigenvalue weighted by Crippen LogP contribution is 2.32. The van der Waals surface area contributed by atoms with Crippen LogP contribution < -0.4 is 5.32 Å². The quantitative estimate of drug-likeness (QED) is 0.859. The zero-order chi connectivity index (χ0) is 15.0. The zero-order valence-electron chi connectivity index (χ0n) is 9.25. The average molecular weight is 314 g/mol. The summed E-state index contributed by atoms with van der Waals surface area (Å²) in [5, 5.41) is 2.67. The van der Waals surface area contributed by atoms with Crippen molar-refractivity contribution in [3.63, 3.8) is 0 Å². The van der Waals surface area contributed by atoms with Crippen LogP contribution in [0.2, 0.25) is 0 Å². The lowest BCUT2D eigenvalue weighted by atomic mass is 10.4. The van der Waals surface area contributed by atoms with E-state index in [4.69, 9.17) is 0 Å². The molecule has 0 saturated carbocycles. The van der Waals surface area contributed by atoms with Gasteiger partial charge >= 0.3 is 12.4 Å². The van der Waals surface area contributed by atoms with Gasteiger partial charge in [-0.25, -0.2) is 15.0 Å². The van der Waals surface area contributed by atoms with E-state index in [1.807, 2.05) is 0 Å². The predicted octanol–water partition coefficient (Wildman–Crippen LogP) is 3.71. The van der Waals surface area contributed by atoms with E-state index in [0.717, 1.165) is 11.6 Å². The van der Waals surface area contributed by atoms with Crippen LogP contribution in [0.4, 0.5) is 37.4 Å². The van der Waals surface area contributed by atoms with E-state index in [1.54, 1.807) is 0 Å². The van der Waals surface area contributed by atoms with Crippen molar-refractivity contribution in [2.45, 2.75) is 12.4 Å². The van der Waals surface area contributed by atoms with Gasteiger partial charge in [0.05, 0.1) is 0 Å². The minimum atomic E-state index is -4.67. The normalized spacial score (nSPS) is 12.5. The molecule has 2 aromatic rings. The third-order valence-electron chi connectivity index (χ3n) is 1.96. The van der Waals surface area contributed by atoms with Gasteiger partial charge in [0.25, 0.3) is 0 Å². The molecule has 2 rings (SSSR count). The molecule has 0 aliphatic carbocycles. The molecule has 0 bridgehead atoms. The number of hydrogen-bond acceptors (Lipinski definition) is 5. The van der Waals surface area contributed by atoms with Crippen molar-refractivity contribution in [2.75, 3.05) is 5.32 Å². The van der Waals surface area contributed by atoms with E-state index >= 15 is 0 Å². The van der Waals surface area contributed by atoms with Gasteiger partial charge in [0, 0.05) is 11.6 Å². The first-order valence-corrected chi connectivity index (χ1v) is 5.74. The first-order chi connectivity index (χ1) is 9.16. The van der Waals surface area contributed by atoms with E-state index < -0.39 is 29.7 Å². The number of rotatable bonds is 2. The molecule has 108 valence electrons. The highest BCUT2D eigenvalue weighted by molar-refractivity contribution is 7.13. The fourth-order valence-electron chi connectivity index (χ4n) is 1.13. The maximum Gasteiger partial charge on any atom is 0.434 e. The fourth-order valence-corrected chi connectivity index (χ4v) is 1.84. The maximum absolute atomic E-state index is 12.4. The van der Waals surface area contributed by atoms with Crippen molar-refractivity contribution in [3.8, 4) is 0 Å². The Kier molecular flexibility index (Phi) is 3.54. The van der Waals surface area contributed by atoms with Crippen molar-refractivity contribution in [2.24, 2.45) is 0 Å². The molecule has 0 aliphatic heterocycles. The van der Waals surface area contributed by atoms with Crippen LogP contribution in [-0.2, 0) is 12.4 Å². The molecule has 20 heavy (non-hydrogen) atoms. The predicted molar refractivity (Wildman–Crippen MR) is 57.4 cm³/mol. The minimum absolute atomic E-state index is 0.253. The van der Waals surface area contributed by atoms with Gasteiger partial charge in [-0.1, -0.05) is 0 Å². The molecule has 0 unspecified atom stereocenters. The number of thiazole rings is 1. The molecule has 0 radical (unpaired) electrons. The minimum Gasteiger partial charge on any atom is -0.300 e. The Labute approximate surface area is 111 Å². The Balaban J connectivity index is 2.20. The first-order valence-electron chi connectivity index (χ1n) is 4.86.